The van der Waals surface area contributed by atoms with Crippen LogP contribution in [-0.2, 0) is 23.7 Å². The highest BCUT2D eigenvalue weighted by Crippen LogP contribution is 2.23. The van der Waals surface area contributed by atoms with E-state index in [-0.39, 0.29) is 30.0 Å². The number of nitrogens with one attached hydrogen (secondary N) is 1. The lowest BCUT2D eigenvalue weighted by molar-refractivity contribution is 0.289. The molecule has 2 aromatic rings. The van der Waals surface area contributed by atoms with Crippen molar-refractivity contribution in [3.63, 3.8) is 0 Å². The number of hydrogen-bond donors (Lipinski definition) is 1. The minimum absolute atomic E-state index is 0. The molecule has 3 rings (SSSR count). The highest BCUT2D eigenvalue weighted by atomic mass is 35.5. The van der Waals surface area contributed by atoms with Crippen molar-refractivity contribution in [3.8, 4) is 5.75 Å². The molecule has 0 spiro atoms. The maximum absolute atomic E-state index is 12.8. The molecule has 1 saturated heterocycles. The molecule has 0 atom stereocenters. The quantitative estimate of drug-likeness (QED) is 0.782. The van der Waals surface area contributed by atoms with Gasteiger partial charge in [0.15, 0.2) is 5.82 Å². The van der Waals surface area contributed by atoms with Crippen molar-refractivity contribution in [3.05, 3.63) is 36.4 Å². The van der Waals surface area contributed by atoms with Crippen LogP contribution in [0.4, 0.5) is 0 Å². The number of aromatic nitrogens is 3. The van der Waals surface area contributed by atoms with E-state index in [2.05, 4.69) is 15.4 Å². The van der Waals surface area contributed by atoms with Gasteiger partial charge in [0.2, 0.25) is 10.0 Å². The number of sulfonamides is 1. The molecular formula is C16H24ClN5O3S. The first-order valence-corrected chi connectivity index (χ1v) is 9.67. The number of hydrogen-bond acceptors (Lipinski definition) is 6. The summed E-state index contributed by atoms with van der Waals surface area (Å²) in [5.74, 6) is 1.29. The average molecular weight is 402 g/mol. The van der Waals surface area contributed by atoms with E-state index in [4.69, 9.17) is 4.74 Å². The maximum Gasteiger partial charge on any atom is 0.243 e. The minimum atomic E-state index is -3.50. The van der Waals surface area contributed by atoms with Crippen molar-refractivity contribution in [2.24, 2.45) is 7.05 Å². The zero-order valence-electron chi connectivity index (χ0n) is 14.8. The predicted molar refractivity (Wildman–Crippen MR) is 99.9 cm³/mol. The standard InChI is InChI=1S/C16H23N5O3S.ClH/c1-20-16(18-12-19-20)11-24-14-3-5-15(6-4-14)25(22,23)21(2)13-7-9-17-10-8-13;/h3-6,12-13,17H,7-11H2,1-2H3;1H. The number of benzene rings is 1. The Morgan fingerprint density at radius 2 is 1.92 bits per heavy atom. The second kappa shape index (κ2) is 8.81. The molecule has 0 unspecified atom stereocenters. The molecule has 144 valence electrons. The van der Waals surface area contributed by atoms with Gasteiger partial charge < -0.3 is 10.1 Å². The number of piperidine rings is 1. The number of rotatable bonds is 6. The fourth-order valence-electron chi connectivity index (χ4n) is 2.84. The summed E-state index contributed by atoms with van der Waals surface area (Å²) in [5, 5.41) is 7.22. The molecule has 2 heterocycles. The Morgan fingerprint density at radius 3 is 2.50 bits per heavy atom. The largest absolute Gasteiger partial charge is 0.486 e. The van der Waals surface area contributed by atoms with Gasteiger partial charge in [-0.05, 0) is 50.2 Å². The zero-order valence-corrected chi connectivity index (χ0v) is 16.5. The van der Waals surface area contributed by atoms with Gasteiger partial charge in [0.1, 0.15) is 18.7 Å². The highest BCUT2D eigenvalue weighted by molar-refractivity contribution is 7.89. The van der Waals surface area contributed by atoms with Crippen LogP contribution in [0.1, 0.15) is 18.7 Å². The summed E-state index contributed by atoms with van der Waals surface area (Å²) in [5.41, 5.74) is 0. The van der Waals surface area contributed by atoms with Crippen molar-refractivity contribution in [1.29, 1.82) is 0 Å². The number of aryl methyl sites for hydroxylation is 1. The van der Waals surface area contributed by atoms with Gasteiger partial charge in [-0.25, -0.2) is 13.4 Å². The molecule has 0 radical (unpaired) electrons. The third-order valence-corrected chi connectivity index (χ3v) is 6.42. The van der Waals surface area contributed by atoms with Gasteiger partial charge >= 0.3 is 0 Å². The third-order valence-electron chi connectivity index (χ3n) is 4.50. The second-order valence-corrected chi connectivity index (χ2v) is 8.06. The first-order valence-electron chi connectivity index (χ1n) is 8.23. The number of ether oxygens (including phenoxy) is 1. The van der Waals surface area contributed by atoms with Crippen LogP contribution in [0.5, 0.6) is 5.75 Å². The summed E-state index contributed by atoms with van der Waals surface area (Å²) in [6.07, 6.45) is 3.12. The van der Waals surface area contributed by atoms with Crippen LogP contribution in [0.2, 0.25) is 0 Å². The summed E-state index contributed by atoms with van der Waals surface area (Å²) < 4.78 is 34.3. The van der Waals surface area contributed by atoms with E-state index in [9.17, 15) is 8.42 Å². The Balaban J connectivity index is 0.00000243. The van der Waals surface area contributed by atoms with Crippen LogP contribution in [0.3, 0.4) is 0 Å². The van der Waals surface area contributed by atoms with Gasteiger partial charge in [-0.15, -0.1) is 12.4 Å². The fourth-order valence-corrected chi connectivity index (χ4v) is 4.26. The van der Waals surface area contributed by atoms with Gasteiger partial charge in [-0.1, -0.05) is 0 Å². The van der Waals surface area contributed by atoms with E-state index in [0.29, 0.717) is 11.6 Å². The maximum atomic E-state index is 12.8. The van der Waals surface area contributed by atoms with Crippen molar-refractivity contribution >= 4 is 22.4 Å². The first kappa shape index (κ1) is 20.6. The van der Waals surface area contributed by atoms with E-state index in [1.165, 1.54) is 10.6 Å². The van der Waals surface area contributed by atoms with E-state index >= 15 is 0 Å². The summed E-state index contributed by atoms with van der Waals surface area (Å²) in [6.45, 7) is 1.97. The highest BCUT2D eigenvalue weighted by Gasteiger charge is 2.28. The molecule has 0 amide bonds. The van der Waals surface area contributed by atoms with Crippen LogP contribution in [0, 0.1) is 0 Å². The summed E-state index contributed by atoms with van der Waals surface area (Å²) >= 11 is 0. The Morgan fingerprint density at radius 1 is 1.27 bits per heavy atom. The fraction of sp³-hybridized carbons (Fsp3) is 0.500. The molecule has 1 aromatic carbocycles. The Bertz CT molecular complexity index is 804. The molecular weight excluding hydrogens is 378 g/mol. The Hall–Kier alpha value is -1.68. The van der Waals surface area contributed by atoms with Crippen molar-refractivity contribution in [2.45, 2.75) is 30.4 Å². The average Bonchev–Trinajstić information content (AvgIpc) is 3.05. The molecule has 0 saturated carbocycles. The topological polar surface area (TPSA) is 89.3 Å². The zero-order chi connectivity index (χ0) is 17.9. The molecule has 1 N–H and O–H groups in total. The molecule has 0 aliphatic carbocycles. The van der Waals surface area contributed by atoms with E-state index in [1.54, 1.807) is 43.0 Å². The van der Waals surface area contributed by atoms with Crippen LogP contribution < -0.4 is 10.1 Å². The number of nitrogens with zero attached hydrogens (tertiary/aromatic N) is 4. The normalized spacial score (nSPS) is 15.7. The summed E-state index contributed by atoms with van der Waals surface area (Å²) in [6, 6.07) is 6.54. The molecule has 26 heavy (non-hydrogen) atoms. The second-order valence-electron chi connectivity index (χ2n) is 6.06. The van der Waals surface area contributed by atoms with Crippen molar-refractivity contribution in [2.75, 3.05) is 20.1 Å². The Labute approximate surface area is 160 Å². The van der Waals surface area contributed by atoms with Gasteiger partial charge in [0.25, 0.3) is 0 Å². The summed E-state index contributed by atoms with van der Waals surface area (Å²) in [4.78, 5) is 4.36. The van der Waals surface area contributed by atoms with E-state index < -0.39 is 10.0 Å². The SMILES string of the molecule is CN(C1CCNCC1)S(=O)(=O)c1ccc(OCc2ncnn2C)cc1.Cl. The van der Waals surface area contributed by atoms with Crippen LogP contribution >= 0.6 is 12.4 Å². The minimum Gasteiger partial charge on any atom is -0.486 e. The van der Waals surface area contributed by atoms with Crippen LogP contribution in [-0.4, -0.2) is 53.7 Å². The third kappa shape index (κ3) is 4.53. The molecule has 1 aliphatic heterocycles. The summed E-state index contributed by atoms with van der Waals surface area (Å²) in [7, 11) is -0.0505. The van der Waals surface area contributed by atoms with Crippen LogP contribution in [0.15, 0.2) is 35.5 Å². The number of halogens is 1. The lowest BCUT2D eigenvalue weighted by Gasteiger charge is -2.30. The molecule has 1 aromatic heterocycles. The lowest BCUT2D eigenvalue weighted by Crippen LogP contribution is -2.43. The van der Waals surface area contributed by atoms with E-state index in [1.807, 2.05) is 0 Å². The molecule has 1 aliphatic rings. The van der Waals surface area contributed by atoms with Gasteiger partial charge in [0, 0.05) is 20.1 Å². The molecule has 8 nitrogen and oxygen atoms in total. The lowest BCUT2D eigenvalue weighted by atomic mass is 10.1. The van der Waals surface area contributed by atoms with Crippen molar-refractivity contribution in [1.82, 2.24) is 24.4 Å². The Kier molecular flexibility index (Phi) is 6.99. The van der Waals surface area contributed by atoms with Gasteiger partial charge in [0.05, 0.1) is 4.90 Å². The molecule has 0 bridgehead atoms. The monoisotopic (exact) mass is 401 g/mol. The predicted octanol–water partition coefficient (Wildman–Crippen LogP) is 1.19. The van der Waals surface area contributed by atoms with Crippen LogP contribution in [0.25, 0.3) is 0 Å². The van der Waals surface area contributed by atoms with Crippen molar-refractivity contribution < 1.29 is 13.2 Å². The molecule has 1 fully saturated rings. The van der Waals surface area contributed by atoms with E-state index in [0.717, 1.165) is 25.9 Å². The van der Waals surface area contributed by atoms with Gasteiger partial charge in [-0.3, -0.25) is 4.68 Å². The molecule has 10 heteroatoms. The smallest absolute Gasteiger partial charge is 0.243 e. The van der Waals surface area contributed by atoms with Gasteiger partial charge in [-0.2, -0.15) is 9.40 Å². The first-order chi connectivity index (χ1) is 12.0.